The van der Waals surface area contributed by atoms with Crippen LogP contribution >= 0.6 is 34.4 Å². The Morgan fingerprint density at radius 2 is 1.76 bits per heavy atom. The summed E-state index contributed by atoms with van der Waals surface area (Å²) in [7, 11) is 0. The molecule has 0 aliphatic carbocycles. The zero-order valence-corrected chi connectivity index (χ0v) is 25.5. The lowest BCUT2D eigenvalue weighted by atomic mass is 10.1. The van der Waals surface area contributed by atoms with Gasteiger partial charge in [-0.25, -0.2) is 0 Å². The Bertz CT molecular complexity index is 1680. The van der Waals surface area contributed by atoms with E-state index in [1.807, 2.05) is 62.4 Å². The van der Waals surface area contributed by atoms with Gasteiger partial charge in [0, 0.05) is 5.69 Å². The van der Waals surface area contributed by atoms with Crippen LogP contribution in [0.5, 0.6) is 11.5 Å². The molecule has 0 radical (unpaired) electrons. The number of nitrogens with one attached hydrogen (secondary N) is 1. The minimum atomic E-state index is -0.510. The van der Waals surface area contributed by atoms with Crippen molar-refractivity contribution >= 4 is 73.9 Å². The van der Waals surface area contributed by atoms with E-state index >= 15 is 0 Å². The lowest BCUT2D eigenvalue weighted by Gasteiger charge is -2.16. The monoisotopic (exact) mass is 678 g/mol. The number of carbonyl (C=O) groups is 3. The number of ether oxygens (including phenoxy) is 2. The molecular formula is C32H27IN2O5S. The largest absolute Gasteiger partial charge is 0.490 e. The molecule has 1 saturated heterocycles. The van der Waals surface area contributed by atoms with E-state index in [0.717, 1.165) is 42.1 Å². The van der Waals surface area contributed by atoms with Crippen molar-refractivity contribution in [2.75, 3.05) is 18.5 Å². The average Bonchev–Trinajstić information content (AvgIpc) is 3.21. The van der Waals surface area contributed by atoms with Crippen molar-refractivity contribution in [2.24, 2.45) is 0 Å². The molecule has 5 rings (SSSR count). The molecular weight excluding hydrogens is 651 g/mol. The molecule has 4 aromatic carbocycles. The summed E-state index contributed by atoms with van der Waals surface area (Å²) in [6.07, 6.45) is 1.64. The third kappa shape index (κ3) is 6.57. The number of nitrogens with zero attached hydrogens (tertiary/aromatic N) is 1. The second-order valence-corrected chi connectivity index (χ2v) is 11.5. The number of anilines is 1. The summed E-state index contributed by atoms with van der Waals surface area (Å²) in [5, 5.41) is 4.55. The van der Waals surface area contributed by atoms with Crippen molar-refractivity contribution in [3.8, 4) is 11.5 Å². The fourth-order valence-electron chi connectivity index (χ4n) is 4.48. The minimum Gasteiger partial charge on any atom is -0.490 e. The molecule has 1 aliphatic heterocycles. The summed E-state index contributed by atoms with van der Waals surface area (Å²) in [6.45, 7) is 4.19. The Morgan fingerprint density at radius 3 is 2.56 bits per heavy atom. The summed E-state index contributed by atoms with van der Waals surface area (Å²) < 4.78 is 13.0. The molecule has 3 amide bonds. The molecule has 1 N–H and O–H groups in total. The molecule has 1 aliphatic rings. The van der Waals surface area contributed by atoms with Crippen LogP contribution in [-0.2, 0) is 16.2 Å². The molecule has 0 bridgehead atoms. The highest BCUT2D eigenvalue weighted by Gasteiger charge is 2.36. The quantitative estimate of drug-likeness (QED) is 0.147. The van der Waals surface area contributed by atoms with Crippen LogP contribution in [0.4, 0.5) is 10.5 Å². The zero-order chi connectivity index (χ0) is 28.9. The molecule has 0 atom stereocenters. The molecule has 1 fully saturated rings. The predicted molar refractivity (Wildman–Crippen MR) is 171 cm³/mol. The molecule has 0 saturated carbocycles. The molecule has 0 aromatic heterocycles. The highest BCUT2D eigenvalue weighted by molar-refractivity contribution is 14.1. The number of hydrogen-bond acceptors (Lipinski definition) is 6. The van der Waals surface area contributed by atoms with Crippen LogP contribution < -0.4 is 14.8 Å². The molecule has 4 aromatic rings. The van der Waals surface area contributed by atoms with Gasteiger partial charge in [0.15, 0.2) is 11.5 Å². The van der Waals surface area contributed by atoms with E-state index in [0.29, 0.717) is 36.0 Å². The lowest BCUT2D eigenvalue weighted by Crippen LogP contribution is -2.36. The van der Waals surface area contributed by atoms with Crippen LogP contribution in [0.2, 0.25) is 0 Å². The SMILES string of the molecule is CCOc1cc(/C=C2/SC(=O)N(CC(=O)Nc3ccccc3C)C2=O)cc(I)c1OCc1cccc2ccccc12. The van der Waals surface area contributed by atoms with Crippen LogP contribution in [0.3, 0.4) is 0 Å². The van der Waals surface area contributed by atoms with Crippen LogP contribution in [0.25, 0.3) is 16.8 Å². The number of fused-ring (bicyclic) bond motifs is 1. The van der Waals surface area contributed by atoms with E-state index in [4.69, 9.17) is 9.47 Å². The fraction of sp³-hybridized carbons (Fsp3) is 0.156. The first-order valence-corrected chi connectivity index (χ1v) is 14.9. The Hall–Kier alpha value is -3.83. The lowest BCUT2D eigenvalue weighted by molar-refractivity contribution is -0.127. The van der Waals surface area contributed by atoms with Gasteiger partial charge in [-0.05, 0) is 99.9 Å². The zero-order valence-electron chi connectivity index (χ0n) is 22.5. The third-order valence-corrected chi connectivity index (χ3v) is 8.18. The Kier molecular flexibility index (Phi) is 8.94. The van der Waals surface area contributed by atoms with Gasteiger partial charge in [-0.1, -0.05) is 60.7 Å². The summed E-state index contributed by atoms with van der Waals surface area (Å²) in [4.78, 5) is 39.5. The van der Waals surface area contributed by atoms with Crippen molar-refractivity contribution in [3.05, 3.63) is 104 Å². The maximum Gasteiger partial charge on any atom is 0.294 e. The van der Waals surface area contributed by atoms with Gasteiger partial charge in [0.05, 0.1) is 15.1 Å². The Morgan fingerprint density at radius 1 is 1.00 bits per heavy atom. The molecule has 41 heavy (non-hydrogen) atoms. The van der Waals surface area contributed by atoms with Gasteiger partial charge in [-0.15, -0.1) is 0 Å². The number of hydrogen-bond donors (Lipinski definition) is 1. The van der Waals surface area contributed by atoms with Gasteiger partial charge in [0.2, 0.25) is 5.91 Å². The van der Waals surface area contributed by atoms with Crippen LogP contribution in [-0.4, -0.2) is 35.1 Å². The van der Waals surface area contributed by atoms with Gasteiger partial charge < -0.3 is 14.8 Å². The Labute approximate surface area is 256 Å². The number of imide groups is 1. The molecule has 1 heterocycles. The maximum absolute atomic E-state index is 13.1. The smallest absolute Gasteiger partial charge is 0.294 e. The number of halogens is 1. The maximum atomic E-state index is 13.1. The van der Waals surface area contributed by atoms with Crippen molar-refractivity contribution in [1.82, 2.24) is 4.90 Å². The van der Waals surface area contributed by atoms with Gasteiger partial charge in [-0.2, -0.15) is 0 Å². The number of para-hydroxylation sites is 1. The highest BCUT2D eigenvalue weighted by Crippen LogP contribution is 2.38. The first kappa shape index (κ1) is 28.7. The van der Waals surface area contributed by atoms with Gasteiger partial charge in [0.25, 0.3) is 11.1 Å². The van der Waals surface area contributed by atoms with E-state index < -0.39 is 17.1 Å². The third-order valence-electron chi connectivity index (χ3n) is 6.48. The second-order valence-electron chi connectivity index (χ2n) is 9.32. The molecule has 7 nitrogen and oxygen atoms in total. The second kappa shape index (κ2) is 12.8. The molecule has 0 spiro atoms. The topological polar surface area (TPSA) is 84.9 Å². The normalized spacial score (nSPS) is 14.1. The van der Waals surface area contributed by atoms with Crippen LogP contribution in [0, 0.1) is 10.5 Å². The fourth-order valence-corrected chi connectivity index (χ4v) is 6.10. The number of amides is 3. The van der Waals surface area contributed by atoms with Crippen molar-refractivity contribution in [3.63, 3.8) is 0 Å². The van der Waals surface area contributed by atoms with Crippen molar-refractivity contribution < 1.29 is 23.9 Å². The van der Waals surface area contributed by atoms with Crippen LogP contribution in [0.1, 0.15) is 23.6 Å². The first-order chi connectivity index (χ1) is 19.8. The molecule has 9 heteroatoms. The summed E-state index contributed by atoms with van der Waals surface area (Å²) in [5.41, 5.74) is 3.27. The van der Waals surface area contributed by atoms with Gasteiger partial charge in [-0.3, -0.25) is 19.3 Å². The van der Waals surface area contributed by atoms with E-state index in [2.05, 4.69) is 46.1 Å². The van der Waals surface area contributed by atoms with E-state index in [1.165, 1.54) is 0 Å². The first-order valence-electron chi connectivity index (χ1n) is 13.0. The minimum absolute atomic E-state index is 0.237. The number of thioether (sulfide) groups is 1. The number of carbonyl (C=O) groups excluding carboxylic acids is 3. The predicted octanol–water partition coefficient (Wildman–Crippen LogP) is 7.41. The average molecular weight is 679 g/mol. The molecule has 0 unspecified atom stereocenters. The number of aryl methyl sites for hydroxylation is 1. The van der Waals surface area contributed by atoms with Crippen molar-refractivity contribution in [2.45, 2.75) is 20.5 Å². The standard InChI is InChI=1S/C32H27IN2O5S/c1-3-39-27-16-21(15-25(33)30(27)40-19-23-12-8-11-22-10-5-6-13-24(22)23)17-28-31(37)35(32(38)41-28)18-29(36)34-26-14-7-4-9-20(26)2/h4-17H,3,18-19H2,1-2H3,(H,34,36)/b28-17+. The number of benzene rings is 4. The van der Waals surface area contributed by atoms with Gasteiger partial charge >= 0.3 is 0 Å². The number of rotatable bonds is 9. The van der Waals surface area contributed by atoms with E-state index in [9.17, 15) is 14.4 Å². The highest BCUT2D eigenvalue weighted by atomic mass is 127. The van der Waals surface area contributed by atoms with Crippen molar-refractivity contribution in [1.29, 1.82) is 0 Å². The van der Waals surface area contributed by atoms with E-state index in [-0.39, 0.29) is 11.4 Å². The van der Waals surface area contributed by atoms with E-state index in [1.54, 1.807) is 18.2 Å². The summed E-state index contributed by atoms with van der Waals surface area (Å²) >= 11 is 2.99. The summed E-state index contributed by atoms with van der Waals surface area (Å²) in [5.74, 6) is 0.203. The molecule has 208 valence electrons. The Balaban J connectivity index is 1.33. The van der Waals surface area contributed by atoms with Gasteiger partial charge in [0.1, 0.15) is 13.2 Å². The van der Waals surface area contributed by atoms with Crippen LogP contribution in [0.15, 0.2) is 83.8 Å². The summed E-state index contributed by atoms with van der Waals surface area (Å²) in [6, 6.07) is 25.3.